The van der Waals surface area contributed by atoms with Gasteiger partial charge in [0, 0.05) is 11.9 Å². The molecule has 5 heteroatoms. The van der Waals surface area contributed by atoms with Gasteiger partial charge in [0.2, 0.25) is 0 Å². The number of carboxylic acid groups (broad SMARTS) is 1. The van der Waals surface area contributed by atoms with Crippen molar-refractivity contribution >= 4 is 16.9 Å². The minimum Gasteiger partial charge on any atom is -0.478 e. The van der Waals surface area contributed by atoms with Gasteiger partial charge in [-0.2, -0.15) is 0 Å². The third kappa shape index (κ3) is 2.18. The van der Waals surface area contributed by atoms with Gasteiger partial charge in [0.1, 0.15) is 0 Å². The second-order valence-electron chi connectivity index (χ2n) is 4.69. The molecule has 2 aromatic heterocycles. The van der Waals surface area contributed by atoms with Crippen LogP contribution < -0.4 is 5.56 Å². The van der Waals surface area contributed by atoms with Crippen LogP contribution in [-0.4, -0.2) is 20.6 Å². The van der Waals surface area contributed by atoms with E-state index in [2.05, 4.69) is 4.98 Å². The van der Waals surface area contributed by atoms with Crippen molar-refractivity contribution in [1.29, 1.82) is 0 Å². The van der Waals surface area contributed by atoms with E-state index < -0.39 is 5.97 Å². The number of aromatic carboxylic acids is 1. The van der Waals surface area contributed by atoms with Gasteiger partial charge in [-0.05, 0) is 31.2 Å². The third-order valence-electron chi connectivity index (χ3n) is 3.34. The zero-order valence-electron chi connectivity index (χ0n) is 11.3. The Kier molecular flexibility index (Phi) is 3.02. The molecule has 0 aliphatic carbocycles. The van der Waals surface area contributed by atoms with Crippen molar-refractivity contribution < 1.29 is 9.90 Å². The molecule has 0 spiro atoms. The van der Waals surface area contributed by atoms with Gasteiger partial charge in [-0.1, -0.05) is 18.2 Å². The van der Waals surface area contributed by atoms with Crippen LogP contribution in [0.2, 0.25) is 0 Å². The number of rotatable bonds is 2. The smallest absolute Gasteiger partial charge is 0.337 e. The van der Waals surface area contributed by atoms with Crippen LogP contribution in [0.25, 0.3) is 16.6 Å². The molecule has 1 aromatic carbocycles. The average molecular weight is 280 g/mol. The lowest BCUT2D eigenvalue weighted by molar-refractivity contribution is 0.0696. The highest BCUT2D eigenvalue weighted by Crippen LogP contribution is 2.15. The topological polar surface area (TPSA) is 72.2 Å². The Bertz CT molecular complexity index is 899. The molecule has 0 fully saturated rings. The Labute approximate surface area is 120 Å². The molecule has 0 bridgehead atoms. The SMILES string of the molecule is Cc1nc2ccn(-c3ccccc3)c(=O)c2cc1C(=O)O. The fourth-order valence-electron chi connectivity index (χ4n) is 2.27. The molecule has 0 amide bonds. The summed E-state index contributed by atoms with van der Waals surface area (Å²) in [6, 6.07) is 12.3. The Morgan fingerprint density at radius 2 is 1.90 bits per heavy atom. The van der Waals surface area contributed by atoms with Gasteiger partial charge in [0.25, 0.3) is 5.56 Å². The summed E-state index contributed by atoms with van der Waals surface area (Å²) in [5, 5.41) is 9.45. The summed E-state index contributed by atoms with van der Waals surface area (Å²) in [6.45, 7) is 1.62. The summed E-state index contributed by atoms with van der Waals surface area (Å²) in [5.74, 6) is -1.09. The molecule has 0 radical (unpaired) electrons. The number of nitrogens with zero attached hydrogens (tertiary/aromatic N) is 2. The second-order valence-corrected chi connectivity index (χ2v) is 4.69. The van der Waals surface area contributed by atoms with Crippen molar-refractivity contribution in [3.8, 4) is 5.69 Å². The van der Waals surface area contributed by atoms with Gasteiger partial charge in [-0.3, -0.25) is 14.3 Å². The summed E-state index contributed by atoms with van der Waals surface area (Å²) in [5.41, 5.74) is 1.38. The molecule has 0 aliphatic rings. The molecular formula is C16H12N2O3. The van der Waals surface area contributed by atoms with Crippen molar-refractivity contribution in [3.05, 3.63) is 70.3 Å². The first-order valence-electron chi connectivity index (χ1n) is 6.39. The van der Waals surface area contributed by atoms with E-state index in [1.165, 1.54) is 10.6 Å². The number of aromatic nitrogens is 2. The Morgan fingerprint density at radius 3 is 2.57 bits per heavy atom. The number of pyridine rings is 2. The van der Waals surface area contributed by atoms with E-state index in [9.17, 15) is 9.59 Å². The number of aryl methyl sites for hydroxylation is 1. The summed E-state index contributed by atoms with van der Waals surface area (Å²) < 4.78 is 1.48. The zero-order valence-corrected chi connectivity index (χ0v) is 11.3. The molecule has 0 aliphatic heterocycles. The van der Waals surface area contributed by atoms with E-state index in [-0.39, 0.29) is 11.1 Å². The Balaban J connectivity index is 2.33. The molecule has 104 valence electrons. The van der Waals surface area contributed by atoms with E-state index in [1.807, 2.05) is 30.3 Å². The van der Waals surface area contributed by atoms with Crippen molar-refractivity contribution in [2.24, 2.45) is 0 Å². The predicted octanol–water partition coefficient (Wildman–Crippen LogP) is 2.39. The largest absolute Gasteiger partial charge is 0.478 e. The Hall–Kier alpha value is -2.95. The van der Waals surface area contributed by atoms with Gasteiger partial charge in [-0.25, -0.2) is 4.79 Å². The van der Waals surface area contributed by atoms with Gasteiger partial charge < -0.3 is 5.11 Å². The monoisotopic (exact) mass is 280 g/mol. The minimum atomic E-state index is -1.09. The number of carbonyl (C=O) groups is 1. The molecule has 0 atom stereocenters. The molecule has 1 N–H and O–H groups in total. The van der Waals surface area contributed by atoms with Crippen LogP contribution in [0.1, 0.15) is 16.1 Å². The first kappa shape index (κ1) is 13.1. The molecule has 5 nitrogen and oxygen atoms in total. The van der Waals surface area contributed by atoms with Crippen molar-refractivity contribution in [1.82, 2.24) is 9.55 Å². The zero-order chi connectivity index (χ0) is 15.0. The fourth-order valence-corrected chi connectivity index (χ4v) is 2.27. The number of hydrogen-bond donors (Lipinski definition) is 1. The lowest BCUT2D eigenvalue weighted by Gasteiger charge is -2.08. The van der Waals surface area contributed by atoms with E-state index >= 15 is 0 Å². The number of fused-ring (bicyclic) bond motifs is 1. The summed E-state index contributed by atoms with van der Waals surface area (Å²) in [7, 11) is 0. The molecule has 21 heavy (non-hydrogen) atoms. The molecule has 3 aromatic rings. The van der Waals surface area contributed by atoms with Gasteiger partial charge in [0.15, 0.2) is 0 Å². The summed E-state index contributed by atoms with van der Waals surface area (Å²) >= 11 is 0. The number of carboxylic acids is 1. The molecule has 0 unspecified atom stereocenters. The first-order valence-corrected chi connectivity index (χ1v) is 6.39. The quantitative estimate of drug-likeness (QED) is 0.782. The van der Waals surface area contributed by atoms with Crippen LogP contribution in [0.15, 0.2) is 53.5 Å². The fraction of sp³-hybridized carbons (Fsp3) is 0.0625. The first-order chi connectivity index (χ1) is 10.1. The van der Waals surface area contributed by atoms with Crippen molar-refractivity contribution in [2.45, 2.75) is 6.92 Å². The summed E-state index contributed by atoms with van der Waals surface area (Å²) in [6.07, 6.45) is 1.65. The molecule has 0 saturated heterocycles. The van der Waals surface area contributed by atoms with Crippen LogP contribution in [-0.2, 0) is 0 Å². The van der Waals surface area contributed by atoms with Gasteiger partial charge >= 0.3 is 5.97 Å². The van der Waals surface area contributed by atoms with Crippen LogP contribution in [0, 0.1) is 6.92 Å². The van der Waals surface area contributed by atoms with E-state index in [4.69, 9.17) is 5.11 Å². The van der Waals surface area contributed by atoms with E-state index in [1.54, 1.807) is 19.2 Å². The maximum atomic E-state index is 12.5. The standard InChI is InChI=1S/C16H12N2O3/c1-10-12(16(20)21)9-13-14(17-10)7-8-18(15(13)19)11-5-3-2-4-6-11/h2-9H,1H3,(H,20,21). The lowest BCUT2D eigenvalue weighted by atomic mass is 10.1. The van der Waals surface area contributed by atoms with Crippen LogP contribution in [0.5, 0.6) is 0 Å². The average Bonchev–Trinajstić information content (AvgIpc) is 2.47. The number of hydrogen-bond acceptors (Lipinski definition) is 3. The molecule has 3 rings (SSSR count). The maximum Gasteiger partial charge on any atom is 0.337 e. The number of para-hydroxylation sites is 1. The van der Waals surface area contributed by atoms with Crippen molar-refractivity contribution in [2.75, 3.05) is 0 Å². The van der Waals surface area contributed by atoms with Crippen LogP contribution >= 0.6 is 0 Å². The normalized spacial score (nSPS) is 10.7. The molecule has 2 heterocycles. The minimum absolute atomic E-state index is 0.0467. The van der Waals surface area contributed by atoms with Crippen LogP contribution in [0.4, 0.5) is 0 Å². The van der Waals surface area contributed by atoms with Crippen LogP contribution in [0.3, 0.4) is 0 Å². The van der Waals surface area contributed by atoms with Gasteiger partial charge in [-0.15, -0.1) is 0 Å². The van der Waals surface area contributed by atoms with Crippen molar-refractivity contribution in [3.63, 3.8) is 0 Å². The highest BCUT2D eigenvalue weighted by atomic mass is 16.4. The maximum absolute atomic E-state index is 12.5. The Morgan fingerprint density at radius 1 is 1.19 bits per heavy atom. The highest BCUT2D eigenvalue weighted by Gasteiger charge is 2.13. The number of benzene rings is 1. The second kappa shape index (κ2) is 4.86. The van der Waals surface area contributed by atoms with E-state index in [0.717, 1.165) is 5.69 Å². The third-order valence-corrected chi connectivity index (χ3v) is 3.34. The lowest BCUT2D eigenvalue weighted by Crippen LogP contribution is -2.18. The van der Waals surface area contributed by atoms with Gasteiger partial charge in [0.05, 0.1) is 22.2 Å². The molecule has 0 saturated carbocycles. The molecular weight excluding hydrogens is 268 g/mol. The highest BCUT2D eigenvalue weighted by molar-refractivity contribution is 5.93. The van der Waals surface area contributed by atoms with E-state index in [0.29, 0.717) is 16.6 Å². The summed E-state index contributed by atoms with van der Waals surface area (Å²) in [4.78, 5) is 27.9. The predicted molar refractivity (Wildman–Crippen MR) is 79.0 cm³/mol.